The number of rotatable bonds is 7. The zero-order valence-corrected chi connectivity index (χ0v) is 20.5. The first kappa shape index (κ1) is 23.8. The van der Waals surface area contributed by atoms with Gasteiger partial charge < -0.3 is 19.8 Å². The van der Waals surface area contributed by atoms with Crippen molar-refractivity contribution in [2.24, 2.45) is 0 Å². The highest BCUT2D eigenvalue weighted by molar-refractivity contribution is 5.51. The van der Waals surface area contributed by atoms with Gasteiger partial charge in [0.05, 0.1) is 7.11 Å². The highest BCUT2D eigenvalue weighted by Crippen LogP contribution is 2.36. The second-order valence-corrected chi connectivity index (χ2v) is 9.28. The Hall–Kier alpha value is -3.96. The van der Waals surface area contributed by atoms with Crippen LogP contribution in [0.2, 0.25) is 0 Å². The second-order valence-electron chi connectivity index (χ2n) is 9.28. The summed E-state index contributed by atoms with van der Waals surface area (Å²) in [7, 11) is 1.71. The fourth-order valence-electron chi connectivity index (χ4n) is 5.06. The topological polar surface area (TPSA) is 56.2 Å². The first-order valence-corrected chi connectivity index (χ1v) is 12.4. The van der Waals surface area contributed by atoms with Gasteiger partial charge in [-0.25, -0.2) is 0 Å². The lowest BCUT2D eigenvalue weighted by Crippen LogP contribution is -2.46. The minimum atomic E-state index is 0.000438. The summed E-state index contributed by atoms with van der Waals surface area (Å²) in [4.78, 5) is 4.93. The Bertz CT molecular complexity index is 1230. The van der Waals surface area contributed by atoms with Crippen molar-refractivity contribution in [1.29, 1.82) is 0 Å². The number of benzene rings is 4. The maximum atomic E-state index is 9.87. The molecule has 1 saturated heterocycles. The van der Waals surface area contributed by atoms with Crippen LogP contribution in [0.1, 0.15) is 28.2 Å². The van der Waals surface area contributed by atoms with E-state index in [0.29, 0.717) is 0 Å². The van der Waals surface area contributed by atoms with Crippen molar-refractivity contribution in [2.45, 2.75) is 12.5 Å². The monoisotopic (exact) mass is 480 g/mol. The van der Waals surface area contributed by atoms with Crippen LogP contribution >= 0.6 is 0 Å². The fraction of sp³-hybridized carbons (Fsp3) is 0.226. The van der Waals surface area contributed by atoms with E-state index in [0.717, 1.165) is 49.6 Å². The molecule has 0 radical (unpaired) electrons. The maximum absolute atomic E-state index is 9.87. The van der Waals surface area contributed by atoms with Crippen LogP contribution in [0, 0.1) is 0 Å². The zero-order valence-electron chi connectivity index (χ0n) is 20.5. The number of nitrogens with zero attached hydrogens (tertiary/aromatic N) is 2. The Labute approximate surface area is 212 Å². The van der Waals surface area contributed by atoms with Crippen molar-refractivity contribution in [3.05, 3.63) is 119 Å². The molecule has 0 bridgehead atoms. The number of phenolic OH excluding ortho intramolecular Hbond substituents is 2. The van der Waals surface area contributed by atoms with E-state index in [1.807, 2.05) is 36.4 Å². The number of anilines is 1. The molecule has 0 saturated carbocycles. The van der Waals surface area contributed by atoms with Crippen molar-refractivity contribution in [3.63, 3.8) is 0 Å². The molecular weight excluding hydrogens is 448 g/mol. The van der Waals surface area contributed by atoms with Gasteiger partial charge in [0.2, 0.25) is 0 Å². The van der Waals surface area contributed by atoms with E-state index in [1.165, 1.54) is 16.8 Å². The summed E-state index contributed by atoms with van der Waals surface area (Å²) in [5.41, 5.74) is 5.94. The van der Waals surface area contributed by atoms with Gasteiger partial charge in [-0.05, 0) is 58.7 Å². The summed E-state index contributed by atoms with van der Waals surface area (Å²) in [5.74, 6) is 1.40. The number of aromatic hydroxyl groups is 2. The van der Waals surface area contributed by atoms with Crippen LogP contribution in [0.25, 0.3) is 0 Å². The molecule has 184 valence electrons. The van der Waals surface area contributed by atoms with Gasteiger partial charge in [0.1, 0.15) is 17.2 Å². The molecule has 5 nitrogen and oxygen atoms in total. The van der Waals surface area contributed by atoms with Crippen molar-refractivity contribution in [1.82, 2.24) is 4.90 Å². The molecule has 0 unspecified atom stereocenters. The molecule has 1 fully saturated rings. The largest absolute Gasteiger partial charge is 0.508 e. The summed E-state index contributed by atoms with van der Waals surface area (Å²) in [6, 6.07) is 31.8. The van der Waals surface area contributed by atoms with Crippen LogP contribution in [0.15, 0.2) is 97.1 Å². The van der Waals surface area contributed by atoms with E-state index in [4.69, 9.17) is 4.74 Å². The standard InChI is InChI=1S/C31H32N2O3/c1-36-29-7-4-6-26(21-29)33-19-17-32(18-20-33)22-25-5-2-3-8-30(25)31(23-9-13-27(34)14-10-23)24-11-15-28(35)16-12-24/h2-16,21,31,34-35H,17-20,22H2,1H3. The molecule has 4 aromatic rings. The Morgan fingerprint density at radius 2 is 1.33 bits per heavy atom. The highest BCUT2D eigenvalue weighted by Gasteiger charge is 2.23. The van der Waals surface area contributed by atoms with Crippen molar-refractivity contribution in [2.75, 3.05) is 38.2 Å². The van der Waals surface area contributed by atoms with Gasteiger partial charge in [0.25, 0.3) is 0 Å². The Kier molecular flexibility index (Phi) is 7.10. The minimum absolute atomic E-state index is 0.000438. The van der Waals surface area contributed by atoms with Crippen LogP contribution in [-0.4, -0.2) is 48.4 Å². The van der Waals surface area contributed by atoms with Crippen molar-refractivity contribution >= 4 is 5.69 Å². The first-order valence-electron chi connectivity index (χ1n) is 12.4. The molecule has 0 atom stereocenters. The van der Waals surface area contributed by atoms with Gasteiger partial charge in [-0.15, -0.1) is 0 Å². The van der Waals surface area contributed by atoms with E-state index in [1.54, 1.807) is 31.4 Å². The average molecular weight is 481 g/mol. The van der Waals surface area contributed by atoms with E-state index in [-0.39, 0.29) is 17.4 Å². The molecule has 1 aliphatic rings. The lowest BCUT2D eigenvalue weighted by Gasteiger charge is -2.36. The molecule has 4 aromatic carbocycles. The Morgan fingerprint density at radius 3 is 1.94 bits per heavy atom. The predicted molar refractivity (Wildman–Crippen MR) is 144 cm³/mol. The van der Waals surface area contributed by atoms with Crippen LogP contribution in [0.4, 0.5) is 5.69 Å². The molecule has 2 N–H and O–H groups in total. The third-order valence-electron chi connectivity index (χ3n) is 7.00. The molecular formula is C31H32N2O3. The highest BCUT2D eigenvalue weighted by atomic mass is 16.5. The third kappa shape index (κ3) is 5.31. The van der Waals surface area contributed by atoms with Gasteiger partial charge >= 0.3 is 0 Å². The number of phenols is 2. The molecule has 0 aliphatic carbocycles. The van der Waals surface area contributed by atoms with Gasteiger partial charge in [0.15, 0.2) is 0 Å². The van der Waals surface area contributed by atoms with E-state index >= 15 is 0 Å². The number of ether oxygens (including phenoxy) is 1. The predicted octanol–water partition coefficient (Wildman–Crippen LogP) is 5.61. The smallest absolute Gasteiger partial charge is 0.120 e. The normalized spacial score (nSPS) is 14.2. The lowest BCUT2D eigenvalue weighted by molar-refractivity contribution is 0.249. The summed E-state index contributed by atoms with van der Waals surface area (Å²) in [5, 5.41) is 19.7. The molecule has 1 heterocycles. The summed E-state index contributed by atoms with van der Waals surface area (Å²) in [6.45, 7) is 4.77. The number of hydrogen-bond donors (Lipinski definition) is 2. The summed E-state index contributed by atoms with van der Waals surface area (Å²) >= 11 is 0. The molecule has 5 rings (SSSR count). The lowest BCUT2D eigenvalue weighted by atomic mass is 9.82. The van der Waals surface area contributed by atoms with Gasteiger partial charge in [0, 0.05) is 50.4 Å². The van der Waals surface area contributed by atoms with Crippen LogP contribution in [0.3, 0.4) is 0 Å². The number of piperazine rings is 1. The van der Waals surface area contributed by atoms with Crippen LogP contribution < -0.4 is 9.64 Å². The fourth-order valence-corrected chi connectivity index (χ4v) is 5.06. The van der Waals surface area contributed by atoms with Crippen molar-refractivity contribution in [3.8, 4) is 17.2 Å². The minimum Gasteiger partial charge on any atom is -0.508 e. The SMILES string of the molecule is COc1cccc(N2CCN(Cc3ccccc3C(c3ccc(O)cc3)c3ccc(O)cc3)CC2)c1. The summed E-state index contributed by atoms with van der Waals surface area (Å²) in [6.07, 6.45) is 0. The molecule has 1 aliphatic heterocycles. The van der Waals surface area contributed by atoms with Gasteiger partial charge in [-0.1, -0.05) is 54.6 Å². The molecule has 36 heavy (non-hydrogen) atoms. The van der Waals surface area contributed by atoms with E-state index in [9.17, 15) is 10.2 Å². The van der Waals surface area contributed by atoms with Crippen molar-refractivity contribution < 1.29 is 14.9 Å². The average Bonchev–Trinajstić information content (AvgIpc) is 2.92. The quantitative estimate of drug-likeness (QED) is 0.337. The number of methoxy groups -OCH3 is 1. The number of hydrogen-bond acceptors (Lipinski definition) is 5. The maximum Gasteiger partial charge on any atom is 0.120 e. The van der Waals surface area contributed by atoms with Crippen LogP contribution in [-0.2, 0) is 6.54 Å². The third-order valence-corrected chi connectivity index (χ3v) is 7.00. The van der Waals surface area contributed by atoms with Gasteiger partial charge in [-0.2, -0.15) is 0 Å². The first-order chi connectivity index (χ1) is 17.6. The second kappa shape index (κ2) is 10.8. The Balaban J connectivity index is 1.38. The van der Waals surface area contributed by atoms with E-state index < -0.39 is 0 Å². The van der Waals surface area contributed by atoms with Crippen LogP contribution in [0.5, 0.6) is 17.2 Å². The molecule has 0 aromatic heterocycles. The summed E-state index contributed by atoms with van der Waals surface area (Å²) < 4.78 is 5.40. The Morgan fingerprint density at radius 1 is 0.722 bits per heavy atom. The zero-order chi connectivity index (χ0) is 24.9. The molecule has 0 amide bonds. The molecule has 5 heteroatoms. The van der Waals surface area contributed by atoms with Gasteiger partial charge in [-0.3, -0.25) is 4.90 Å². The molecule has 0 spiro atoms. The van der Waals surface area contributed by atoms with E-state index in [2.05, 4.69) is 46.2 Å².